The fourth-order valence-corrected chi connectivity index (χ4v) is 2.74. The second kappa shape index (κ2) is 7.06. The van der Waals surface area contributed by atoms with Crippen molar-refractivity contribution in [3.05, 3.63) is 59.1 Å². The number of carbonyl (C=O) groups is 2. The van der Waals surface area contributed by atoms with Gasteiger partial charge < -0.3 is 15.5 Å². The summed E-state index contributed by atoms with van der Waals surface area (Å²) in [6.07, 6.45) is 0.113. The summed E-state index contributed by atoms with van der Waals surface area (Å²) < 4.78 is 26.7. The van der Waals surface area contributed by atoms with Crippen molar-refractivity contribution >= 4 is 34.9 Å². The van der Waals surface area contributed by atoms with Crippen LogP contribution in [0.1, 0.15) is 6.42 Å². The molecule has 2 aromatic carbocycles. The molecule has 5 nitrogen and oxygen atoms in total. The van der Waals surface area contributed by atoms with Gasteiger partial charge in [-0.25, -0.2) is 13.6 Å². The van der Waals surface area contributed by atoms with E-state index in [1.165, 1.54) is 4.90 Å². The molecule has 0 aromatic heterocycles. The predicted molar refractivity (Wildman–Crippen MR) is 90.7 cm³/mol. The first-order valence-corrected chi connectivity index (χ1v) is 7.88. The summed E-state index contributed by atoms with van der Waals surface area (Å²) >= 11 is 5.83. The van der Waals surface area contributed by atoms with Crippen molar-refractivity contribution in [3.63, 3.8) is 0 Å². The molecule has 1 aliphatic heterocycles. The molecule has 2 aromatic rings. The minimum atomic E-state index is -0.748. The topological polar surface area (TPSA) is 61.4 Å². The summed E-state index contributed by atoms with van der Waals surface area (Å²) in [4.78, 5) is 25.6. The number of benzene rings is 2. The normalized spacial score (nSPS) is 16.8. The van der Waals surface area contributed by atoms with Crippen LogP contribution >= 0.6 is 11.6 Å². The van der Waals surface area contributed by atoms with Crippen LogP contribution < -0.4 is 15.5 Å². The molecule has 1 atom stereocenters. The third kappa shape index (κ3) is 4.06. The van der Waals surface area contributed by atoms with Crippen LogP contribution in [0.4, 0.5) is 25.0 Å². The standard InChI is InChI=1S/C17H14ClF2N3O2/c18-10-1-4-13(5-2-10)23-9-12(8-16(23)24)21-17(25)22-15-7-11(19)3-6-14(15)20/h1-7,12H,8-9H2,(H2,21,22,25)/t12-/m0/s1. The fraction of sp³-hybridized carbons (Fsp3) is 0.176. The number of carbonyl (C=O) groups excluding carboxylic acids is 2. The molecule has 1 aliphatic rings. The summed E-state index contributed by atoms with van der Waals surface area (Å²) in [5, 5.41) is 5.39. The molecule has 8 heteroatoms. The van der Waals surface area contributed by atoms with Crippen molar-refractivity contribution in [2.24, 2.45) is 0 Å². The lowest BCUT2D eigenvalue weighted by atomic mass is 10.2. The Bertz CT molecular complexity index is 814. The summed E-state index contributed by atoms with van der Waals surface area (Å²) in [6.45, 7) is 0.277. The number of urea groups is 1. The third-order valence-electron chi connectivity index (χ3n) is 3.78. The van der Waals surface area contributed by atoms with Crippen LogP contribution in [0.15, 0.2) is 42.5 Å². The van der Waals surface area contributed by atoms with Gasteiger partial charge in [-0.2, -0.15) is 0 Å². The lowest BCUT2D eigenvalue weighted by molar-refractivity contribution is -0.117. The van der Waals surface area contributed by atoms with Gasteiger partial charge in [-0.3, -0.25) is 4.79 Å². The number of nitrogens with zero attached hydrogens (tertiary/aromatic N) is 1. The quantitative estimate of drug-likeness (QED) is 0.873. The third-order valence-corrected chi connectivity index (χ3v) is 4.03. The molecule has 2 N–H and O–H groups in total. The molecule has 3 rings (SSSR count). The van der Waals surface area contributed by atoms with Crippen LogP contribution in [0, 0.1) is 11.6 Å². The van der Waals surface area contributed by atoms with Crippen molar-refractivity contribution < 1.29 is 18.4 Å². The number of amides is 3. The van der Waals surface area contributed by atoms with Crippen LogP contribution in [0.2, 0.25) is 5.02 Å². The Labute approximate surface area is 147 Å². The lowest BCUT2D eigenvalue weighted by Crippen LogP contribution is -2.39. The Morgan fingerprint density at radius 1 is 1.16 bits per heavy atom. The highest BCUT2D eigenvalue weighted by atomic mass is 35.5. The Hall–Kier alpha value is -2.67. The Morgan fingerprint density at radius 3 is 2.60 bits per heavy atom. The molecule has 25 heavy (non-hydrogen) atoms. The maximum Gasteiger partial charge on any atom is 0.319 e. The van der Waals surface area contributed by atoms with Gasteiger partial charge in [0.05, 0.1) is 11.7 Å². The van der Waals surface area contributed by atoms with Crippen molar-refractivity contribution in [2.45, 2.75) is 12.5 Å². The molecule has 1 saturated heterocycles. The predicted octanol–water partition coefficient (Wildman–Crippen LogP) is 3.55. The highest BCUT2D eigenvalue weighted by Gasteiger charge is 2.31. The molecule has 0 saturated carbocycles. The molecular weight excluding hydrogens is 352 g/mol. The molecule has 3 amide bonds. The number of hydrogen-bond acceptors (Lipinski definition) is 2. The Kier molecular flexibility index (Phi) is 4.85. The molecule has 1 fully saturated rings. The van der Waals surface area contributed by atoms with Crippen LogP contribution in [-0.2, 0) is 4.79 Å². The smallest absolute Gasteiger partial charge is 0.319 e. The molecular formula is C17H14ClF2N3O2. The Balaban J connectivity index is 1.62. The van der Waals surface area contributed by atoms with Gasteiger partial charge in [0.2, 0.25) is 5.91 Å². The van der Waals surface area contributed by atoms with Crippen LogP contribution in [0.5, 0.6) is 0 Å². The highest BCUT2D eigenvalue weighted by Crippen LogP contribution is 2.23. The van der Waals surface area contributed by atoms with E-state index in [-0.39, 0.29) is 24.6 Å². The van der Waals surface area contributed by atoms with E-state index in [0.29, 0.717) is 10.7 Å². The lowest BCUT2D eigenvalue weighted by Gasteiger charge is -2.17. The zero-order valence-electron chi connectivity index (χ0n) is 12.9. The molecule has 130 valence electrons. The van der Waals surface area contributed by atoms with Crippen molar-refractivity contribution in [3.8, 4) is 0 Å². The van der Waals surface area contributed by atoms with Gasteiger partial charge in [-0.15, -0.1) is 0 Å². The van der Waals surface area contributed by atoms with Crippen LogP contribution in [0.25, 0.3) is 0 Å². The maximum atomic E-state index is 13.5. The number of hydrogen-bond donors (Lipinski definition) is 2. The Morgan fingerprint density at radius 2 is 1.88 bits per heavy atom. The zero-order chi connectivity index (χ0) is 18.0. The maximum absolute atomic E-state index is 13.5. The minimum absolute atomic E-state index is 0.113. The number of rotatable bonds is 3. The van der Waals surface area contributed by atoms with E-state index in [4.69, 9.17) is 11.6 Å². The van der Waals surface area contributed by atoms with E-state index >= 15 is 0 Å². The van der Waals surface area contributed by atoms with E-state index in [1.807, 2.05) is 0 Å². The second-order valence-electron chi connectivity index (χ2n) is 5.60. The first kappa shape index (κ1) is 17.2. The van der Waals surface area contributed by atoms with E-state index in [1.54, 1.807) is 24.3 Å². The molecule has 0 aliphatic carbocycles. The van der Waals surface area contributed by atoms with E-state index in [0.717, 1.165) is 18.2 Å². The SMILES string of the molecule is O=C(Nc1cc(F)ccc1F)N[C@H]1CC(=O)N(c2ccc(Cl)cc2)C1. The summed E-state index contributed by atoms with van der Waals surface area (Å²) in [6, 6.07) is 8.38. The largest absolute Gasteiger partial charge is 0.333 e. The van der Waals surface area contributed by atoms with Crippen LogP contribution in [-0.4, -0.2) is 24.5 Å². The van der Waals surface area contributed by atoms with Crippen molar-refractivity contribution in [1.82, 2.24) is 5.32 Å². The average Bonchev–Trinajstić information content (AvgIpc) is 2.92. The van der Waals surface area contributed by atoms with Gasteiger partial charge in [-0.1, -0.05) is 11.6 Å². The number of anilines is 2. The van der Waals surface area contributed by atoms with E-state index in [9.17, 15) is 18.4 Å². The van der Waals surface area contributed by atoms with Gasteiger partial charge in [0.15, 0.2) is 0 Å². The minimum Gasteiger partial charge on any atom is -0.333 e. The summed E-state index contributed by atoms with van der Waals surface area (Å²) in [5.74, 6) is -1.56. The van der Waals surface area contributed by atoms with E-state index in [2.05, 4.69) is 10.6 Å². The zero-order valence-corrected chi connectivity index (χ0v) is 13.7. The van der Waals surface area contributed by atoms with Gasteiger partial charge in [0.1, 0.15) is 11.6 Å². The van der Waals surface area contributed by atoms with Crippen molar-refractivity contribution in [2.75, 3.05) is 16.8 Å². The first-order valence-electron chi connectivity index (χ1n) is 7.51. The molecule has 0 unspecified atom stereocenters. The second-order valence-corrected chi connectivity index (χ2v) is 6.04. The highest BCUT2D eigenvalue weighted by molar-refractivity contribution is 6.30. The number of halogens is 3. The molecule has 0 spiro atoms. The van der Waals surface area contributed by atoms with Gasteiger partial charge >= 0.3 is 6.03 Å². The average molecular weight is 366 g/mol. The summed E-state index contributed by atoms with van der Waals surface area (Å²) in [5.41, 5.74) is 0.409. The first-order chi connectivity index (χ1) is 11.9. The summed E-state index contributed by atoms with van der Waals surface area (Å²) in [7, 11) is 0. The monoisotopic (exact) mass is 365 g/mol. The van der Waals surface area contributed by atoms with Gasteiger partial charge in [0, 0.05) is 29.7 Å². The van der Waals surface area contributed by atoms with Gasteiger partial charge in [-0.05, 0) is 36.4 Å². The molecule has 0 radical (unpaired) electrons. The number of nitrogens with one attached hydrogen (secondary N) is 2. The molecule has 1 heterocycles. The van der Waals surface area contributed by atoms with Crippen molar-refractivity contribution in [1.29, 1.82) is 0 Å². The van der Waals surface area contributed by atoms with Gasteiger partial charge in [0.25, 0.3) is 0 Å². The van der Waals surface area contributed by atoms with E-state index < -0.39 is 23.7 Å². The van der Waals surface area contributed by atoms with Crippen LogP contribution in [0.3, 0.4) is 0 Å². The fourth-order valence-electron chi connectivity index (χ4n) is 2.61. The molecule has 0 bridgehead atoms.